The molecular formula is C15H20N2O3S. The number of esters is 1. The molecule has 1 aliphatic heterocycles. The van der Waals surface area contributed by atoms with Crippen LogP contribution in [0, 0.1) is 0 Å². The van der Waals surface area contributed by atoms with Gasteiger partial charge in [-0.3, -0.25) is 4.79 Å². The molecule has 0 spiro atoms. The Hall–Kier alpha value is -1.53. The Labute approximate surface area is 128 Å². The van der Waals surface area contributed by atoms with Crippen LogP contribution in [0.3, 0.4) is 0 Å². The van der Waals surface area contributed by atoms with Crippen LogP contribution in [-0.4, -0.2) is 42.1 Å². The molecule has 2 rings (SSSR count). The number of anilines is 1. The van der Waals surface area contributed by atoms with Crippen molar-refractivity contribution >= 4 is 29.3 Å². The van der Waals surface area contributed by atoms with Gasteiger partial charge in [0, 0.05) is 23.7 Å². The zero-order chi connectivity index (χ0) is 15.2. The molecule has 1 aromatic carbocycles. The Morgan fingerprint density at radius 2 is 2.05 bits per heavy atom. The van der Waals surface area contributed by atoms with Gasteiger partial charge in [-0.25, -0.2) is 4.79 Å². The summed E-state index contributed by atoms with van der Waals surface area (Å²) in [7, 11) is 0. The highest BCUT2D eigenvalue weighted by Gasteiger charge is 2.20. The van der Waals surface area contributed by atoms with Crippen LogP contribution in [0.2, 0.25) is 0 Å². The fourth-order valence-electron chi connectivity index (χ4n) is 1.93. The number of hydrogen-bond donors (Lipinski definition) is 2. The van der Waals surface area contributed by atoms with E-state index >= 15 is 0 Å². The normalized spacial score (nSPS) is 18.3. The van der Waals surface area contributed by atoms with Crippen LogP contribution in [0.5, 0.6) is 0 Å². The van der Waals surface area contributed by atoms with E-state index in [0.717, 1.165) is 18.1 Å². The molecule has 0 aromatic heterocycles. The van der Waals surface area contributed by atoms with E-state index in [4.69, 9.17) is 4.74 Å². The molecule has 1 atom stereocenters. The number of thioether (sulfide) groups is 1. The van der Waals surface area contributed by atoms with Gasteiger partial charge in [0.05, 0.1) is 17.7 Å². The first-order chi connectivity index (χ1) is 10.1. The lowest BCUT2D eigenvalue weighted by Gasteiger charge is -2.22. The molecular weight excluding hydrogens is 288 g/mol. The molecule has 114 valence electrons. The average Bonchev–Trinajstić information content (AvgIpc) is 2.48. The minimum Gasteiger partial charge on any atom is -0.459 e. The van der Waals surface area contributed by atoms with Gasteiger partial charge in [0.15, 0.2) is 0 Å². The molecule has 6 heteroatoms. The Bertz CT molecular complexity index is 496. The van der Waals surface area contributed by atoms with Crippen LogP contribution in [0.4, 0.5) is 5.69 Å². The predicted molar refractivity (Wildman–Crippen MR) is 84.7 cm³/mol. The molecule has 1 aliphatic rings. The summed E-state index contributed by atoms with van der Waals surface area (Å²) in [6, 6.07) is 6.58. The van der Waals surface area contributed by atoms with E-state index in [1.54, 1.807) is 36.0 Å². The molecule has 1 fully saturated rings. The number of carbonyl (C=O) groups excluding carboxylic acids is 2. The molecule has 0 radical (unpaired) electrons. The molecule has 0 bridgehead atoms. The molecule has 1 aromatic rings. The van der Waals surface area contributed by atoms with Crippen molar-refractivity contribution in [1.82, 2.24) is 5.32 Å². The predicted octanol–water partition coefficient (Wildman–Crippen LogP) is 1.90. The minimum atomic E-state index is -0.353. The molecule has 0 aliphatic carbocycles. The summed E-state index contributed by atoms with van der Waals surface area (Å²) in [5, 5.41) is 6.03. The Kier molecular flexibility index (Phi) is 5.64. The monoisotopic (exact) mass is 308 g/mol. The van der Waals surface area contributed by atoms with Crippen molar-refractivity contribution in [1.29, 1.82) is 0 Å². The summed E-state index contributed by atoms with van der Waals surface area (Å²) in [5.41, 5.74) is 1.16. The molecule has 0 saturated carbocycles. The third-order valence-electron chi connectivity index (χ3n) is 2.97. The van der Waals surface area contributed by atoms with Gasteiger partial charge >= 0.3 is 5.97 Å². The van der Waals surface area contributed by atoms with Crippen LogP contribution in [0.15, 0.2) is 24.3 Å². The first-order valence-electron chi connectivity index (χ1n) is 6.99. The number of nitrogens with one attached hydrogen (secondary N) is 2. The lowest BCUT2D eigenvalue weighted by atomic mass is 10.2. The van der Waals surface area contributed by atoms with Gasteiger partial charge in [0.25, 0.3) is 0 Å². The van der Waals surface area contributed by atoms with E-state index in [2.05, 4.69) is 10.6 Å². The summed E-state index contributed by atoms with van der Waals surface area (Å²) in [5.74, 6) is 1.43. The van der Waals surface area contributed by atoms with Gasteiger partial charge in [-0.2, -0.15) is 11.8 Å². The second kappa shape index (κ2) is 7.47. The third kappa shape index (κ3) is 4.75. The SMILES string of the molecule is CC(C)OC(=O)c1ccc(NC(=O)C2CSCCN2)cc1. The van der Waals surface area contributed by atoms with Gasteiger partial charge in [-0.15, -0.1) is 0 Å². The number of carbonyl (C=O) groups is 2. The topological polar surface area (TPSA) is 67.4 Å². The van der Waals surface area contributed by atoms with Crippen LogP contribution >= 0.6 is 11.8 Å². The Morgan fingerprint density at radius 3 is 2.62 bits per heavy atom. The van der Waals surface area contributed by atoms with Crippen LogP contribution < -0.4 is 10.6 Å². The molecule has 1 unspecified atom stereocenters. The van der Waals surface area contributed by atoms with E-state index in [1.807, 2.05) is 13.8 Å². The summed E-state index contributed by atoms with van der Waals surface area (Å²) < 4.78 is 5.11. The first kappa shape index (κ1) is 15.9. The van der Waals surface area contributed by atoms with Gasteiger partial charge in [0.2, 0.25) is 5.91 Å². The van der Waals surface area contributed by atoms with Gasteiger partial charge in [0.1, 0.15) is 0 Å². The zero-order valence-electron chi connectivity index (χ0n) is 12.2. The Balaban J connectivity index is 1.92. The van der Waals surface area contributed by atoms with Crippen molar-refractivity contribution in [2.75, 3.05) is 23.4 Å². The molecule has 1 heterocycles. The number of ether oxygens (including phenoxy) is 1. The molecule has 1 amide bonds. The quantitative estimate of drug-likeness (QED) is 0.832. The molecule has 21 heavy (non-hydrogen) atoms. The summed E-state index contributed by atoms with van der Waals surface area (Å²) in [6.45, 7) is 4.46. The van der Waals surface area contributed by atoms with Gasteiger partial charge in [-0.05, 0) is 38.1 Å². The standard InChI is InChI=1S/C15H20N2O3S/c1-10(2)20-15(19)11-3-5-12(6-4-11)17-14(18)13-9-21-8-7-16-13/h3-6,10,13,16H,7-9H2,1-2H3,(H,17,18). The third-order valence-corrected chi connectivity index (χ3v) is 4.03. The van der Waals surface area contributed by atoms with E-state index in [1.165, 1.54) is 0 Å². The zero-order valence-corrected chi connectivity index (χ0v) is 13.0. The van der Waals surface area contributed by atoms with E-state index in [9.17, 15) is 9.59 Å². The fourth-order valence-corrected chi connectivity index (χ4v) is 2.87. The first-order valence-corrected chi connectivity index (χ1v) is 8.15. The van der Waals surface area contributed by atoms with Crippen molar-refractivity contribution in [3.8, 4) is 0 Å². The summed E-state index contributed by atoms with van der Waals surface area (Å²) >= 11 is 1.77. The smallest absolute Gasteiger partial charge is 0.338 e. The number of rotatable bonds is 4. The summed E-state index contributed by atoms with van der Waals surface area (Å²) in [4.78, 5) is 23.8. The number of amides is 1. The van der Waals surface area contributed by atoms with Crippen LogP contribution in [0.1, 0.15) is 24.2 Å². The average molecular weight is 308 g/mol. The Morgan fingerprint density at radius 1 is 1.33 bits per heavy atom. The lowest BCUT2D eigenvalue weighted by Crippen LogP contribution is -2.46. The lowest BCUT2D eigenvalue weighted by molar-refractivity contribution is -0.117. The van der Waals surface area contributed by atoms with Gasteiger partial charge < -0.3 is 15.4 Å². The molecule has 5 nitrogen and oxygen atoms in total. The van der Waals surface area contributed by atoms with Crippen molar-refractivity contribution in [2.24, 2.45) is 0 Å². The largest absolute Gasteiger partial charge is 0.459 e. The number of hydrogen-bond acceptors (Lipinski definition) is 5. The maximum absolute atomic E-state index is 12.1. The van der Waals surface area contributed by atoms with E-state index in [0.29, 0.717) is 11.3 Å². The maximum atomic E-state index is 12.1. The summed E-state index contributed by atoms with van der Waals surface area (Å²) in [6.07, 6.45) is -0.147. The highest BCUT2D eigenvalue weighted by atomic mass is 32.2. The van der Waals surface area contributed by atoms with Crippen LogP contribution in [0.25, 0.3) is 0 Å². The number of benzene rings is 1. The highest BCUT2D eigenvalue weighted by molar-refractivity contribution is 7.99. The minimum absolute atomic E-state index is 0.0419. The van der Waals surface area contributed by atoms with Crippen molar-refractivity contribution in [3.05, 3.63) is 29.8 Å². The fraction of sp³-hybridized carbons (Fsp3) is 0.467. The van der Waals surface area contributed by atoms with Crippen molar-refractivity contribution in [3.63, 3.8) is 0 Å². The molecule has 2 N–H and O–H groups in total. The van der Waals surface area contributed by atoms with Crippen molar-refractivity contribution in [2.45, 2.75) is 26.0 Å². The van der Waals surface area contributed by atoms with Crippen molar-refractivity contribution < 1.29 is 14.3 Å². The van der Waals surface area contributed by atoms with Crippen LogP contribution in [-0.2, 0) is 9.53 Å². The molecule has 1 saturated heterocycles. The van der Waals surface area contributed by atoms with E-state index in [-0.39, 0.29) is 24.0 Å². The maximum Gasteiger partial charge on any atom is 0.338 e. The van der Waals surface area contributed by atoms with E-state index < -0.39 is 0 Å². The second-order valence-corrected chi connectivity index (χ2v) is 6.25. The highest BCUT2D eigenvalue weighted by Crippen LogP contribution is 2.13. The second-order valence-electron chi connectivity index (χ2n) is 5.10. The van der Waals surface area contributed by atoms with Gasteiger partial charge in [-0.1, -0.05) is 0 Å².